The first kappa shape index (κ1) is 9.83. The van der Waals surface area contributed by atoms with E-state index in [1.54, 1.807) is 0 Å². The topological polar surface area (TPSA) is 81.1 Å². The number of nitrogens with one attached hydrogen (secondary N) is 1. The van der Waals surface area contributed by atoms with Gasteiger partial charge in [-0.05, 0) is 18.5 Å². The van der Waals surface area contributed by atoms with E-state index in [4.69, 9.17) is 5.53 Å². The van der Waals surface area contributed by atoms with Gasteiger partial charge >= 0.3 is 0 Å². The fourth-order valence-corrected chi connectivity index (χ4v) is 1.29. The predicted molar refractivity (Wildman–Crippen MR) is 48.1 cm³/mol. The number of carbonyl (C=O) groups excluding carboxylic acids is 1. The van der Waals surface area contributed by atoms with Crippen molar-refractivity contribution in [3.8, 4) is 0 Å². The average molecular weight is 183 g/mol. The first-order valence-corrected chi connectivity index (χ1v) is 4.33. The largest absolute Gasteiger partial charge is 0.354 e. The number of hydrogen-bond donors (Lipinski definition) is 1. The minimum atomic E-state index is 0.0787. The van der Waals surface area contributed by atoms with Crippen LogP contribution in [-0.4, -0.2) is 43.5 Å². The smallest absolute Gasteiger partial charge is 0.234 e. The molecule has 0 saturated carbocycles. The van der Waals surface area contributed by atoms with Crippen LogP contribution in [0.4, 0.5) is 0 Å². The number of carbonyl (C=O) groups is 1. The zero-order valence-corrected chi connectivity index (χ0v) is 7.44. The highest BCUT2D eigenvalue weighted by atomic mass is 16.2. The Bertz CT molecular complexity index is 223. The van der Waals surface area contributed by atoms with Crippen molar-refractivity contribution in [2.45, 2.75) is 6.42 Å². The predicted octanol–water partition coefficient (Wildman–Crippen LogP) is 0.119. The van der Waals surface area contributed by atoms with Crippen molar-refractivity contribution in [1.29, 1.82) is 0 Å². The van der Waals surface area contributed by atoms with E-state index >= 15 is 0 Å². The Labute approximate surface area is 76.5 Å². The third-order valence-corrected chi connectivity index (χ3v) is 1.91. The van der Waals surface area contributed by atoms with Gasteiger partial charge in [0.05, 0.1) is 6.54 Å². The van der Waals surface area contributed by atoms with Crippen LogP contribution >= 0.6 is 0 Å². The minimum absolute atomic E-state index is 0.0787. The number of rotatable bonds is 4. The van der Waals surface area contributed by atoms with Crippen molar-refractivity contribution in [1.82, 2.24) is 10.2 Å². The van der Waals surface area contributed by atoms with E-state index in [0.717, 1.165) is 26.1 Å². The molecule has 0 spiro atoms. The molecule has 1 rings (SSSR count). The standard InChI is InChI=1S/C7H13N5O/c8-11-10-2-1-4-12-5-3-9-7(13)6-12/h1-6H2,(H,9,13). The zero-order valence-electron chi connectivity index (χ0n) is 7.44. The van der Waals surface area contributed by atoms with Crippen LogP contribution in [0, 0.1) is 0 Å². The summed E-state index contributed by atoms with van der Waals surface area (Å²) in [6, 6.07) is 0. The van der Waals surface area contributed by atoms with E-state index in [9.17, 15) is 4.79 Å². The Morgan fingerprint density at radius 3 is 3.23 bits per heavy atom. The molecule has 0 aromatic carbocycles. The molecule has 1 aliphatic heterocycles. The molecule has 1 aliphatic rings. The van der Waals surface area contributed by atoms with Crippen LogP contribution in [0.3, 0.4) is 0 Å². The van der Waals surface area contributed by atoms with Gasteiger partial charge in [-0.2, -0.15) is 0 Å². The molecule has 0 bridgehead atoms. The van der Waals surface area contributed by atoms with Crippen LogP contribution in [0.15, 0.2) is 5.11 Å². The molecule has 0 aromatic rings. The van der Waals surface area contributed by atoms with E-state index in [1.807, 2.05) is 0 Å². The van der Waals surface area contributed by atoms with Crippen LogP contribution < -0.4 is 5.32 Å². The van der Waals surface area contributed by atoms with Gasteiger partial charge in [0, 0.05) is 24.5 Å². The summed E-state index contributed by atoms with van der Waals surface area (Å²) in [6.45, 7) is 3.42. The lowest BCUT2D eigenvalue weighted by molar-refractivity contribution is -0.124. The zero-order chi connectivity index (χ0) is 9.52. The summed E-state index contributed by atoms with van der Waals surface area (Å²) < 4.78 is 0. The van der Waals surface area contributed by atoms with Gasteiger partial charge in [-0.25, -0.2) is 0 Å². The Morgan fingerprint density at radius 2 is 2.54 bits per heavy atom. The van der Waals surface area contributed by atoms with E-state index in [1.165, 1.54) is 0 Å². The van der Waals surface area contributed by atoms with Gasteiger partial charge in [-0.3, -0.25) is 9.69 Å². The van der Waals surface area contributed by atoms with Crippen LogP contribution in [0.1, 0.15) is 6.42 Å². The number of azide groups is 1. The van der Waals surface area contributed by atoms with Gasteiger partial charge in [-0.15, -0.1) is 0 Å². The number of piperazine rings is 1. The molecule has 0 unspecified atom stereocenters. The van der Waals surface area contributed by atoms with E-state index < -0.39 is 0 Å². The third-order valence-electron chi connectivity index (χ3n) is 1.91. The Kier molecular flexibility index (Phi) is 4.08. The highest BCUT2D eigenvalue weighted by molar-refractivity contribution is 5.78. The highest BCUT2D eigenvalue weighted by Crippen LogP contribution is 1.95. The van der Waals surface area contributed by atoms with Crippen LogP contribution in [0.2, 0.25) is 0 Å². The summed E-state index contributed by atoms with van der Waals surface area (Å²) in [5.74, 6) is 0.0787. The van der Waals surface area contributed by atoms with Gasteiger partial charge in [0.2, 0.25) is 5.91 Å². The molecule has 0 aromatic heterocycles. The molecule has 1 saturated heterocycles. The molecule has 6 heteroatoms. The first-order chi connectivity index (χ1) is 6.33. The van der Waals surface area contributed by atoms with Crippen molar-refractivity contribution in [3.63, 3.8) is 0 Å². The van der Waals surface area contributed by atoms with Gasteiger partial charge < -0.3 is 5.32 Å². The average Bonchev–Trinajstić information content (AvgIpc) is 2.13. The Hall–Kier alpha value is -1.26. The molecule has 0 aliphatic carbocycles. The van der Waals surface area contributed by atoms with Crippen LogP contribution in [0.25, 0.3) is 10.4 Å². The number of nitrogens with zero attached hydrogens (tertiary/aromatic N) is 4. The molecule has 1 amide bonds. The lowest BCUT2D eigenvalue weighted by Gasteiger charge is -2.25. The van der Waals surface area contributed by atoms with Crippen molar-refractivity contribution < 1.29 is 4.79 Å². The van der Waals surface area contributed by atoms with Gasteiger partial charge in [-0.1, -0.05) is 5.11 Å². The molecule has 0 radical (unpaired) electrons. The summed E-state index contributed by atoms with van der Waals surface area (Å²) in [5.41, 5.74) is 8.03. The maximum Gasteiger partial charge on any atom is 0.234 e. The second-order valence-corrected chi connectivity index (χ2v) is 2.93. The molecule has 1 fully saturated rings. The summed E-state index contributed by atoms with van der Waals surface area (Å²) in [6.07, 6.45) is 0.817. The molecular formula is C7H13N5O. The van der Waals surface area contributed by atoms with E-state index in [-0.39, 0.29) is 5.91 Å². The molecule has 72 valence electrons. The van der Waals surface area contributed by atoms with Crippen LogP contribution in [-0.2, 0) is 4.79 Å². The van der Waals surface area contributed by atoms with E-state index in [0.29, 0.717) is 13.1 Å². The fraction of sp³-hybridized carbons (Fsp3) is 0.857. The lowest BCUT2D eigenvalue weighted by Crippen LogP contribution is -2.47. The molecule has 13 heavy (non-hydrogen) atoms. The number of hydrogen-bond acceptors (Lipinski definition) is 3. The second-order valence-electron chi connectivity index (χ2n) is 2.93. The summed E-state index contributed by atoms with van der Waals surface area (Å²) in [7, 11) is 0. The SMILES string of the molecule is [N-]=[N+]=NCCCN1CCNC(=O)C1. The van der Waals surface area contributed by atoms with Gasteiger partial charge in [0.25, 0.3) is 0 Å². The maximum atomic E-state index is 10.9. The monoisotopic (exact) mass is 183 g/mol. The van der Waals surface area contributed by atoms with Crippen molar-refractivity contribution in [2.75, 3.05) is 32.7 Å². The van der Waals surface area contributed by atoms with Gasteiger partial charge in [0.15, 0.2) is 0 Å². The maximum absolute atomic E-state index is 10.9. The molecule has 1 heterocycles. The molecule has 1 N–H and O–H groups in total. The summed E-state index contributed by atoms with van der Waals surface area (Å²) >= 11 is 0. The van der Waals surface area contributed by atoms with Gasteiger partial charge in [0.1, 0.15) is 0 Å². The van der Waals surface area contributed by atoms with Crippen LogP contribution in [0.5, 0.6) is 0 Å². The Balaban J connectivity index is 2.13. The summed E-state index contributed by atoms with van der Waals surface area (Å²) in [5, 5.41) is 6.18. The quantitative estimate of drug-likeness (QED) is 0.290. The second kappa shape index (κ2) is 5.40. The van der Waals surface area contributed by atoms with Crippen molar-refractivity contribution in [2.24, 2.45) is 5.11 Å². The van der Waals surface area contributed by atoms with Crippen molar-refractivity contribution in [3.05, 3.63) is 10.4 Å². The fourth-order valence-electron chi connectivity index (χ4n) is 1.29. The normalized spacial score (nSPS) is 17.7. The lowest BCUT2D eigenvalue weighted by atomic mass is 10.3. The Morgan fingerprint density at radius 1 is 1.69 bits per heavy atom. The first-order valence-electron chi connectivity index (χ1n) is 4.33. The molecule has 0 atom stereocenters. The van der Waals surface area contributed by atoms with E-state index in [2.05, 4.69) is 20.2 Å². The third kappa shape index (κ3) is 3.78. The molecule has 6 nitrogen and oxygen atoms in total. The van der Waals surface area contributed by atoms with Crippen molar-refractivity contribution >= 4 is 5.91 Å². The highest BCUT2D eigenvalue weighted by Gasteiger charge is 2.14. The summed E-state index contributed by atoms with van der Waals surface area (Å²) in [4.78, 5) is 15.6. The minimum Gasteiger partial charge on any atom is -0.354 e. The number of amides is 1. The molecular weight excluding hydrogens is 170 g/mol.